The zero-order valence-corrected chi connectivity index (χ0v) is 25.3. The quantitative estimate of drug-likeness (QED) is 0.248. The molecule has 2 aromatic carbocycles. The van der Waals surface area contributed by atoms with Gasteiger partial charge in [0.15, 0.2) is 0 Å². The molecule has 9 heteroatoms. The Kier molecular flexibility index (Phi) is 9.77. The van der Waals surface area contributed by atoms with Crippen molar-refractivity contribution in [1.82, 2.24) is 9.80 Å². The predicted molar refractivity (Wildman–Crippen MR) is 164 cm³/mol. The molecule has 2 heterocycles. The molecule has 0 radical (unpaired) electrons. The van der Waals surface area contributed by atoms with Crippen molar-refractivity contribution in [3.05, 3.63) is 98.2 Å². The third-order valence-corrected chi connectivity index (χ3v) is 9.13. The van der Waals surface area contributed by atoms with Crippen molar-refractivity contribution in [2.24, 2.45) is 0 Å². The van der Waals surface area contributed by atoms with Gasteiger partial charge in [-0.15, -0.1) is 11.3 Å². The first-order valence-corrected chi connectivity index (χ1v) is 15.5. The first-order chi connectivity index (χ1) is 20.4. The zero-order valence-electron chi connectivity index (χ0n) is 23.7. The van der Waals surface area contributed by atoms with E-state index in [0.717, 1.165) is 35.1 Å². The Bertz CT molecular complexity index is 1440. The van der Waals surface area contributed by atoms with Crippen molar-refractivity contribution in [2.45, 2.75) is 51.3 Å². The number of rotatable bonds is 12. The van der Waals surface area contributed by atoms with E-state index < -0.39 is 11.5 Å². The van der Waals surface area contributed by atoms with E-state index in [2.05, 4.69) is 17.5 Å². The smallest absolute Gasteiger partial charge is 0.325 e. The Morgan fingerprint density at radius 1 is 1.07 bits per heavy atom. The van der Waals surface area contributed by atoms with Crippen molar-refractivity contribution < 1.29 is 23.9 Å². The minimum Gasteiger partial charge on any atom is -0.465 e. The number of hydrogen-bond donors (Lipinski definition) is 0. The summed E-state index contributed by atoms with van der Waals surface area (Å²) in [5, 5.41) is 2.63. The van der Waals surface area contributed by atoms with Crippen LogP contribution in [0, 0.1) is 0 Å². The number of nitrogens with zero attached hydrogens (tertiary/aromatic N) is 2. The van der Waals surface area contributed by atoms with E-state index in [4.69, 9.17) is 21.1 Å². The minimum absolute atomic E-state index is 0.0219. The molecule has 1 aliphatic heterocycles. The highest BCUT2D eigenvalue weighted by Crippen LogP contribution is 2.36. The number of aryl methyl sites for hydroxylation is 1. The molecule has 2 aliphatic rings. The van der Waals surface area contributed by atoms with Crippen molar-refractivity contribution in [1.29, 1.82) is 0 Å². The van der Waals surface area contributed by atoms with Gasteiger partial charge in [0.1, 0.15) is 12.1 Å². The lowest BCUT2D eigenvalue weighted by molar-refractivity contribution is -0.175. The van der Waals surface area contributed by atoms with Crippen LogP contribution in [0.5, 0.6) is 0 Å². The van der Waals surface area contributed by atoms with E-state index in [1.165, 1.54) is 9.78 Å². The molecule has 1 aliphatic carbocycles. The second kappa shape index (κ2) is 13.7. The zero-order chi connectivity index (χ0) is 29.5. The van der Waals surface area contributed by atoms with Crippen molar-refractivity contribution in [3.63, 3.8) is 0 Å². The van der Waals surface area contributed by atoms with Crippen LogP contribution in [0.3, 0.4) is 0 Å². The second-order valence-corrected chi connectivity index (χ2v) is 12.0. The molecule has 1 fully saturated rings. The summed E-state index contributed by atoms with van der Waals surface area (Å²) < 4.78 is 11.3. The summed E-state index contributed by atoms with van der Waals surface area (Å²) in [6, 6.07) is 16.9. The molecular formula is C33H35ClN2O5S. The van der Waals surface area contributed by atoms with Crippen LogP contribution in [-0.2, 0) is 49.9 Å². The van der Waals surface area contributed by atoms with E-state index in [0.29, 0.717) is 24.6 Å². The maximum absolute atomic E-state index is 14.5. The number of fused-ring (bicyclic) bond motifs is 1. The Balaban J connectivity index is 1.41. The van der Waals surface area contributed by atoms with Gasteiger partial charge in [0.05, 0.1) is 26.2 Å². The molecule has 0 bridgehead atoms. The first kappa shape index (κ1) is 30.0. The topological polar surface area (TPSA) is 76.2 Å². The number of ether oxygens (including phenoxy) is 2. The van der Waals surface area contributed by atoms with Gasteiger partial charge in [-0.2, -0.15) is 0 Å². The minimum atomic E-state index is -1.23. The van der Waals surface area contributed by atoms with E-state index in [9.17, 15) is 14.4 Å². The van der Waals surface area contributed by atoms with Gasteiger partial charge in [-0.3, -0.25) is 14.4 Å². The molecule has 7 nitrogen and oxygen atoms in total. The molecule has 1 unspecified atom stereocenters. The monoisotopic (exact) mass is 606 g/mol. The molecule has 0 saturated carbocycles. The van der Waals surface area contributed by atoms with Gasteiger partial charge in [-0.05, 0) is 66.0 Å². The van der Waals surface area contributed by atoms with Crippen LogP contribution < -0.4 is 0 Å². The third kappa shape index (κ3) is 6.77. The standard InChI is InChI=1S/C33H35ClN2O5S/c1-2-41-31(38)20-35(19-24-12-14-27(34)15-13-24)32(39)33(23-40-21-25-8-4-3-5-9-25)16-17-36(33)30(37)18-26-22-42-29-11-7-6-10-28(26)29/h3-6,8-10,12-15,22H,2,7,11,16-21,23H2,1H3. The van der Waals surface area contributed by atoms with Gasteiger partial charge in [-0.25, -0.2) is 0 Å². The Morgan fingerprint density at radius 2 is 1.86 bits per heavy atom. The second-order valence-electron chi connectivity index (χ2n) is 10.6. The predicted octanol–water partition coefficient (Wildman–Crippen LogP) is 5.68. The number of carbonyl (C=O) groups excluding carboxylic acids is 3. The fraction of sp³-hybridized carbons (Fsp3) is 0.364. The SMILES string of the molecule is CCOC(=O)CN(Cc1ccc(Cl)cc1)C(=O)C1(COCc2ccccc2)CCN1C(=O)Cc1csc2c1C=CCC2. The molecule has 220 valence electrons. The molecular weight excluding hydrogens is 572 g/mol. The van der Waals surface area contributed by atoms with E-state index in [1.807, 2.05) is 42.5 Å². The van der Waals surface area contributed by atoms with Gasteiger partial charge in [-0.1, -0.05) is 66.2 Å². The van der Waals surface area contributed by atoms with Crippen LogP contribution in [0.25, 0.3) is 6.08 Å². The largest absolute Gasteiger partial charge is 0.465 e. The number of halogens is 1. The van der Waals surface area contributed by atoms with Crippen LogP contribution in [0.15, 0.2) is 66.1 Å². The molecule has 5 rings (SSSR count). The average molecular weight is 607 g/mol. The lowest BCUT2D eigenvalue weighted by atomic mass is 9.82. The Morgan fingerprint density at radius 3 is 2.57 bits per heavy atom. The molecule has 1 atom stereocenters. The lowest BCUT2D eigenvalue weighted by Crippen LogP contribution is -2.72. The van der Waals surface area contributed by atoms with Crippen LogP contribution >= 0.6 is 22.9 Å². The maximum Gasteiger partial charge on any atom is 0.325 e. The summed E-state index contributed by atoms with van der Waals surface area (Å²) >= 11 is 7.77. The number of allylic oxidation sites excluding steroid dienone is 1. The summed E-state index contributed by atoms with van der Waals surface area (Å²) in [4.78, 5) is 45.4. The number of amides is 2. The summed E-state index contributed by atoms with van der Waals surface area (Å²) in [7, 11) is 0. The normalized spacial score (nSPS) is 17.3. The lowest BCUT2D eigenvalue weighted by Gasteiger charge is -2.52. The first-order valence-electron chi connectivity index (χ1n) is 14.3. The summed E-state index contributed by atoms with van der Waals surface area (Å²) in [5.41, 5.74) is 2.67. The highest BCUT2D eigenvalue weighted by Gasteiger charge is 2.55. The Labute approximate surface area is 255 Å². The molecule has 0 spiro atoms. The van der Waals surface area contributed by atoms with Gasteiger partial charge < -0.3 is 19.3 Å². The highest BCUT2D eigenvalue weighted by atomic mass is 35.5. The fourth-order valence-corrected chi connectivity index (χ4v) is 6.70. The number of hydrogen-bond acceptors (Lipinski definition) is 6. The number of thiophene rings is 1. The molecule has 1 aromatic heterocycles. The highest BCUT2D eigenvalue weighted by molar-refractivity contribution is 7.10. The van der Waals surface area contributed by atoms with Gasteiger partial charge >= 0.3 is 5.97 Å². The van der Waals surface area contributed by atoms with Gasteiger partial charge in [0.2, 0.25) is 5.91 Å². The van der Waals surface area contributed by atoms with Crippen molar-refractivity contribution in [3.8, 4) is 0 Å². The molecule has 1 saturated heterocycles. The number of likely N-dealkylation sites (tertiary alicyclic amines) is 1. The van der Waals surface area contributed by atoms with E-state index in [-0.39, 0.29) is 44.5 Å². The van der Waals surface area contributed by atoms with Crippen LogP contribution in [-0.4, -0.2) is 59.4 Å². The van der Waals surface area contributed by atoms with Crippen molar-refractivity contribution in [2.75, 3.05) is 26.3 Å². The summed E-state index contributed by atoms with van der Waals surface area (Å²) in [5.74, 6) is -0.959. The third-order valence-electron chi connectivity index (χ3n) is 7.77. The number of carbonyl (C=O) groups is 3. The van der Waals surface area contributed by atoms with E-state index in [1.54, 1.807) is 35.3 Å². The van der Waals surface area contributed by atoms with Crippen LogP contribution in [0.1, 0.15) is 46.9 Å². The molecule has 3 aromatic rings. The van der Waals surface area contributed by atoms with E-state index >= 15 is 0 Å². The average Bonchev–Trinajstić information content (AvgIpc) is 3.38. The molecule has 0 N–H and O–H groups in total. The molecule has 2 amide bonds. The maximum atomic E-state index is 14.5. The Hall–Kier alpha value is -3.46. The van der Waals surface area contributed by atoms with Crippen LogP contribution in [0.2, 0.25) is 5.02 Å². The number of esters is 1. The fourth-order valence-electron chi connectivity index (χ4n) is 5.52. The van der Waals surface area contributed by atoms with Gasteiger partial charge in [0, 0.05) is 23.0 Å². The summed E-state index contributed by atoms with van der Waals surface area (Å²) in [6.07, 6.45) is 6.88. The van der Waals surface area contributed by atoms with Crippen molar-refractivity contribution >= 4 is 46.8 Å². The van der Waals surface area contributed by atoms with Crippen LogP contribution in [0.4, 0.5) is 0 Å². The summed E-state index contributed by atoms with van der Waals surface area (Å²) in [6.45, 7) is 2.63. The van der Waals surface area contributed by atoms with Gasteiger partial charge in [0.25, 0.3) is 5.91 Å². The molecule has 42 heavy (non-hydrogen) atoms. The number of benzene rings is 2.